The van der Waals surface area contributed by atoms with E-state index in [1.54, 1.807) is 42.5 Å². The summed E-state index contributed by atoms with van der Waals surface area (Å²) in [6, 6.07) is 12.1. The number of hydrogen-bond acceptors (Lipinski definition) is 5. The molecule has 1 atom stereocenters. The van der Waals surface area contributed by atoms with Crippen molar-refractivity contribution in [1.29, 1.82) is 0 Å². The van der Waals surface area contributed by atoms with E-state index < -0.39 is 36.3 Å². The summed E-state index contributed by atoms with van der Waals surface area (Å²) < 4.78 is 4.94. The van der Waals surface area contributed by atoms with Crippen LogP contribution in [0.2, 0.25) is 10.0 Å². The van der Waals surface area contributed by atoms with E-state index in [2.05, 4.69) is 10.6 Å². The quantitative estimate of drug-likeness (QED) is 0.583. The molecule has 2 N–H and O–H groups in total. The summed E-state index contributed by atoms with van der Waals surface area (Å²) in [6.07, 6.45) is 0. The maximum Gasteiger partial charge on any atom is 0.328 e. The predicted octanol–water partition coefficient (Wildman–Crippen LogP) is 2.75. The molecule has 0 aliphatic heterocycles. The number of carbonyl (C=O) groups excluding carboxylic acids is 4. The van der Waals surface area contributed by atoms with Crippen LogP contribution in [0.1, 0.15) is 17.3 Å². The van der Waals surface area contributed by atoms with Crippen LogP contribution in [0.25, 0.3) is 0 Å². The van der Waals surface area contributed by atoms with Crippen molar-refractivity contribution in [3.05, 3.63) is 64.1 Å². The topological polar surface area (TPSA) is 105 Å². The van der Waals surface area contributed by atoms with E-state index in [1.807, 2.05) is 0 Å². The zero-order valence-electron chi connectivity index (χ0n) is 16.9. The number of nitrogens with zero attached hydrogens (tertiary/aromatic N) is 1. The van der Waals surface area contributed by atoms with E-state index in [9.17, 15) is 19.2 Å². The van der Waals surface area contributed by atoms with Gasteiger partial charge < -0.3 is 20.3 Å². The molecule has 0 aliphatic carbocycles. The van der Waals surface area contributed by atoms with Crippen molar-refractivity contribution in [2.45, 2.75) is 13.0 Å². The van der Waals surface area contributed by atoms with E-state index >= 15 is 0 Å². The van der Waals surface area contributed by atoms with Gasteiger partial charge in [0.15, 0.2) is 6.61 Å². The molecule has 31 heavy (non-hydrogen) atoms. The summed E-state index contributed by atoms with van der Waals surface area (Å²) in [4.78, 5) is 49.6. The Bertz CT molecular complexity index is 983. The Balaban J connectivity index is 1.79. The second-order valence-corrected chi connectivity index (χ2v) is 7.37. The third kappa shape index (κ3) is 7.27. The van der Waals surface area contributed by atoms with Gasteiger partial charge in [-0.1, -0.05) is 47.5 Å². The van der Waals surface area contributed by atoms with E-state index in [1.165, 1.54) is 20.0 Å². The molecule has 0 radical (unpaired) electrons. The summed E-state index contributed by atoms with van der Waals surface area (Å²) in [5.74, 6) is -2.40. The third-order valence-corrected chi connectivity index (χ3v) is 4.77. The predicted molar refractivity (Wildman–Crippen MR) is 117 cm³/mol. The molecule has 0 bridgehead atoms. The maximum absolute atomic E-state index is 12.2. The van der Waals surface area contributed by atoms with Crippen molar-refractivity contribution in [3.8, 4) is 0 Å². The van der Waals surface area contributed by atoms with Gasteiger partial charge in [-0.25, -0.2) is 4.79 Å². The molecule has 0 heterocycles. The van der Waals surface area contributed by atoms with Crippen LogP contribution >= 0.6 is 23.2 Å². The Labute approximate surface area is 189 Å². The van der Waals surface area contributed by atoms with E-state index in [0.717, 1.165) is 4.90 Å². The number of hydrogen-bond donors (Lipinski definition) is 2. The Morgan fingerprint density at radius 2 is 1.61 bits per heavy atom. The fourth-order valence-electron chi connectivity index (χ4n) is 2.40. The first kappa shape index (κ1) is 24.2. The van der Waals surface area contributed by atoms with Crippen molar-refractivity contribution >= 4 is 52.6 Å². The van der Waals surface area contributed by atoms with Crippen LogP contribution in [0.15, 0.2) is 48.5 Å². The second-order valence-electron chi connectivity index (χ2n) is 6.56. The van der Waals surface area contributed by atoms with Gasteiger partial charge in [-0.2, -0.15) is 0 Å². The SMILES string of the molecule is C[C@H](NC(=O)c1ccccc1Cl)C(=O)OCC(=O)N(C)CC(=O)Nc1ccccc1Cl. The normalized spacial score (nSPS) is 11.2. The molecule has 3 amide bonds. The van der Waals surface area contributed by atoms with Gasteiger partial charge in [0.25, 0.3) is 11.8 Å². The zero-order chi connectivity index (χ0) is 23.0. The summed E-state index contributed by atoms with van der Waals surface area (Å²) in [7, 11) is 1.39. The van der Waals surface area contributed by atoms with Crippen LogP contribution in [-0.2, 0) is 19.1 Å². The van der Waals surface area contributed by atoms with E-state index in [0.29, 0.717) is 10.7 Å². The number of amides is 3. The van der Waals surface area contributed by atoms with Gasteiger partial charge in [-0.05, 0) is 31.2 Å². The minimum absolute atomic E-state index is 0.212. The molecule has 8 nitrogen and oxygen atoms in total. The summed E-state index contributed by atoms with van der Waals surface area (Å²) >= 11 is 11.9. The second kappa shape index (κ2) is 11.3. The maximum atomic E-state index is 12.2. The number of nitrogens with one attached hydrogen (secondary N) is 2. The molecule has 0 saturated carbocycles. The molecule has 0 saturated heterocycles. The molecule has 164 valence electrons. The Kier molecular flexibility index (Phi) is 8.84. The zero-order valence-corrected chi connectivity index (χ0v) is 18.4. The monoisotopic (exact) mass is 465 g/mol. The van der Waals surface area contributed by atoms with Gasteiger partial charge in [-0.15, -0.1) is 0 Å². The average Bonchev–Trinajstić information content (AvgIpc) is 2.73. The fourth-order valence-corrected chi connectivity index (χ4v) is 2.81. The highest BCUT2D eigenvalue weighted by molar-refractivity contribution is 6.34. The Morgan fingerprint density at radius 3 is 2.26 bits per heavy atom. The summed E-state index contributed by atoms with van der Waals surface area (Å²) in [6.45, 7) is 0.573. The fraction of sp³-hybridized carbons (Fsp3) is 0.238. The molecule has 0 spiro atoms. The van der Waals surface area contributed by atoms with Gasteiger partial charge in [-0.3, -0.25) is 14.4 Å². The van der Waals surface area contributed by atoms with Crippen LogP contribution < -0.4 is 10.6 Å². The number of likely N-dealkylation sites (N-methyl/N-ethyl adjacent to an activating group) is 1. The molecule has 2 aromatic rings. The van der Waals surface area contributed by atoms with Crippen LogP contribution in [0.5, 0.6) is 0 Å². The lowest BCUT2D eigenvalue weighted by atomic mass is 10.2. The number of esters is 1. The molecule has 10 heteroatoms. The Morgan fingerprint density at radius 1 is 1.00 bits per heavy atom. The molecule has 0 aromatic heterocycles. The van der Waals surface area contributed by atoms with Gasteiger partial charge in [0.1, 0.15) is 6.04 Å². The first-order valence-electron chi connectivity index (χ1n) is 9.19. The first-order valence-corrected chi connectivity index (χ1v) is 9.95. The average molecular weight is 466 g/mol. The van der Waals surface area contributed by atoms with Gasteiger partial charge in [0.05, 0.1) is 27.8 Å². The Hall–Kier alpha value is -3.10. The van der Waals surface area contributed by atoms with Gasteiger partial charge in [0, 0.05) is 7.05 Å². The van der Waals surface area contributed by atoms with E-state index in [-0.39, 0.29) is 17.1 Å². The van der Waals surface area contributed by atoms with Gasteiger partial charge >= 0.3 is 5.97 Å². The van der Waals surface area contributed by atoms with Crippen molar-refractivity contribution in [2.24, 2.45) is 0 Å². The van der Waals surface area contributed by atoms with Crippen LogP contribution in [0.4, 0.5) is 5.69 Å². The number of benzene rings is 2. The number of rotatable bonds is 8. The van der Waals surface area contributed by atoms with Gasteiger partial charge in [0.2, 0.25) is 5.91 Å². The number of para-hydroxylation sites is 1. The lowest BCUT2D eigenvalue weighted by Gasteiger charge is -2.18. The lowest BCUT2D eigenvalue weighted by molar-refractivity contribution is -0.153. The molecule has 2 rings (SSSR count). The standard InChI is InChI=1S/C21H21Cl2N3O5/c1-13(24-20(29)14-7-3-4-8-15(14)22)21(30)31-12-19(28)26(2)11-18(27)25-17-10-6-5-9-16(17)23/h3-10,13H,11-12H2,1-2H3,(H,24,29)(H,25,27)/t13-/m0/s1. The highest BCUT2D eigenvalue weighted by atomic mass is 35.5. The summed E-state index contributed by atoms with van der Waals surface area (Å²) in [5.41, 5.74) is 0.633. The number of halogens is 2. The lowest BCUT2D eigenvalue weighted by Crippen LogP contribution is -2.42. The number of anilines is 1. The van der Waals surface area contributed by atoms with Crippen molar-refractivity contribution in [1.82, 2.24) is 10.2 Å². The van der Waals surface area contributed by atoms with Crippen molar-refractivity contribution < 1.29 is 23.9 Å². The molecule has 2 aromatic carbocycles. The summed E-state index contributed by atoms with van der Waals surface area (Å²) in [5, 5.41) is 5.66. The molecule has 0 unspecified atom stereocenters. The highest BCUT2D eigenvalue weighted by Gasteiger charge is 2.21. The van der Waals surface area contributed by atoms with Crippen molar-refractivity contribution in [2.75, 3.05) is 25.5 Å². The van der Waals surface area contributed by atoms with Crippen LogP contribution in [-0.4, -0.2) is 54.8 Å². The van der Waals surface area contributed by atoms with E-state index in [4.69, 9.17) is 27.9 Å². The largest absolute Gasteiger partial charge is 0.454 e. The highest BCUT2D eigenvalue weighted by Crippen LogP contribution is 2.20. The van der Waals surface area contributed by atoms with Crippen LogP contribution in [0.3, 0.4) is 0 Å². The first-order chi connectivity index (χ1) is 14.7. The van der Waals surface area contributed by atoms with Crippen molar-refractivity contribution in [3.63, 3.8) is 0 Å². The number of carbonyl (C=O) groups is 4. The molecular weight excluding hydrogens is 445 g/mol. The molecule has 0 fully saturated rings. The minimum Gasteiger partial charge on any atom is -0.454 e. The minimum atomic E-state index is -1.01. The smallest absolute Gasteiger partial charge is 0.328 e. The third-order valence-electron chi connectivity index (χ3n) is 4.11. The molecule has 0 aliphatic rings. The molecular formula is C21H21Cl2N3O5. The number of ether oxygens (including phenoxy) is 1. The van der Waals surface area contributed by atoms with Crippen LogP contribution in [0, 0.1) is 0 Å².